The smallest absolute Gasteiger partial charge is 0.410 e. The first-order valence-electron chi connectivity index (χ1n) is 18.3. The Morgan fingerprint density at radius 3 is 2.19 bits per heavy atom. The van der Waals surface area contributed by atoms with Gasteiger partial charge in [0.1, 0.15) is 18.0 Å². The van der Waals surface area contributed by atoms with Crippen LogP contribution < -0.4 is 5.43 Å². The Morgan fingerprint density at radius 2 is 1.43 bits per heavy atom. The van der Waals surface area contributed by atoms with Crippen LogP contribution in [0.2, 0.25) is 0 Å². The lowest BCUT2D eigenvalue weighted by molar-refractivity contribution is 0.0218. The van der Waals surface area contributed by atoms with E-state index in [-0.39, 0.29) is 36.3 Å². The monoisotopic (exact) mass is 709 g/mol. The third-order valence-corrected chi connectivity index (χ3v) is 10.2. The maximum atomic E-state index is 13.3. The molecule has 4 heterocycles. The zero-order chi connectivity index (χ0) is 36.7. The molecular weight excluding hydrogens is 667 g/mol. The standard InChI is InChI=1S/C43H43N5O5/c1-43(2,3)53-42(51)48-20-8-12-38(48)40-44-25-36(46-40)32-16-15-28-21-29(13-14-30(28)22-32)31-17-18-33-34(23-31)45-35(24-39(33)49)37-11-7-19-47(37)41(50)52-26-27-9-5-4-6-10-27/h4-6,9-10,13-18,21-25,37-38H,7-8,11-12,19-20,26H2,1-3H3,(H,44,46)(H,45,49)/t37?,38-/m0/s1. The van der Waals surface area contributed by atoms with Crippen LogP contribution in [0.15, 0.2) is 102 Å². The maximum absolute atomic E-state index is 13.3. The van der Waals surface area contributed by atoms with Crippen molar-refractivity contribution in [2.75, 3.05) is 13.1 Å². The predicted octanol–water partition coefficient (Wildman–Crippen LogP) is 9.28. The number of imidazole rings is 1. The second-order valence-electron chi connectivity index (χ2n) is 15.0. The van der Waals surface area contributed by atoms with E-state index >= 15 is 0 Å². The second kappa shape index (κ2) is 13.9. The summed E-state index contributed by atoms with van der Waals surface area (Å²) in [5.41, 5.74) is 5.64. The van der Waals surface area contributed by atoms with Crippen LogP contribution in [0, 0.1) is 0 Å². The molecule has 2 aliphatic heterocycles. The Morgan fingerprint density at radius 1 is 0.774 bits per heavy atom. The number of likely N-dealkylation sites (tertiary alicyclic amines) is 2. The summed E-state index contributed by atoms with van der Waals surface area (Å²) in [5, 5.41) is 2.76. The highest BCUT2D eigenvalue weighted by molar-refractivity contribution is 5.92. The van der Waals surface area contributed by atoms with E-state index in [9.17, 15) is 14.4 Å². The quantitative estimate of drug-likeness (QED) is 0.178. The van der Waals surface area contributed by atoms with Crippen LogP contribution in [-0.2, 0) is 16.1 Å². The fraction of sp³-hybridized carbons (Fsp3) is 0.302. The summed E-state index contributed by atoms with van der Waals surface area (Å²) >= 11 is 0. The molecule has 2 aliphatic rings. The zero-order valence-electron chi connectivity index (χ0n) is 30.2. The van der Waals surface area contributed by atoms with E-state index in [0.29, 0.717) is 24.2 Å². The van der Waals surface area contributed by atoms with Crippen LogP contribution in [0.25, 0.3) is 44.1 Å². The van der Waals surface area contributed by atoms with E-state index in [2.05, 4.69) is 51.4 Å². The number of hydrogen-bond donors (Lipinski definition) is 2. The lowest BCUT2D eigenvalue weighted by Gasteiger charge is -2.27. The molecule has 0 bridgehead atoms. The minimum absolute atomic E-state index is 0.0803. The van der Waals surface area contributed by atoms with Crippen molar-refractivity contribution in [1.29, 1.82) is 0 Å². The number of nitrogens with one attached hydrogen (secondary N) is 2. The van der Waals surface area contributed by atoms with Crippen LogP contribution in [0.4, 0.5) is 9.59 Å². The van der Waals surface area contributed by atoms with Gasteiger partial charge in [0.15, 0.2) is 5.43 Å². The minimum Gasteiger partial charge on any atom is -0.445 e. The van der Waals surface area contributed by atoms with Gasteiger partial charge in [-0.3, -0.25) is 14.6 Å². The van der Waals surface area contributed by atoms with Gasteiger partial charge in [-0.25, -0.2) is 14.6 Å². The number of nitrogens with zero attached hydrogens (tertiary/aromatic N) is 3. The van der Waals surface area contributed by atoms with Crippen molar-refractivity contribution in [2.24, 2.45) is 0 Å². The molecule has 2 fully saturated rings. The maximum Gasteiger partial charge on any atom is 0.410 e. The molecule has 2 amide bonds. The Bertz CT molecular complexity index is 2380. The molecule has 0 aliphatic carbocycles. The largest absolute Gasteiger partial charge is 0.445 e. The number of amides is 2. The van der Waals surface area contributed by atoms with Gasteiger partial charge < -0.3 is 19.4 Å². The van der Waals surface area contributed by atoms with Crippen molar-refractivity contribution in [3.05, 3.63) is 124 Å². The first-order valence-corrected chi connectivity index (χ1v) is 18.3. The molecule has 8 rings (SSSR count). The number of H-pyrrole nitrogens is 2. The highest BCUT2D eigenvalue weighted by atomic mass is 16.6. The molecule has 4 aromatic carbocycles. The molecule has 53 heavy (non-hydrogen) atoms. The summed E-state index contributed by atoms with van der Waals surface area (Å²) in [5.74, 6) is 0.764. The van der Waals surface area contributed by atoms with Gasteiger partial charge in [0.2, 0.25) is 0 Å². The van der Waals surface area contributed by atoms with Crippen LogP contribution >= 0.6 is 0 Å². The molecule has 270 valence electrons. The lowest BCUT2D eigenvalue weighted by atomic mass is 9.98. The molecule has 2 N–H and O–H groups in total. The number of carbonyl (C=O) groups excluding carboxylic acids is 2. The normalized spacial score (nSPS) is 17.5. The van der Waals surface area contributed by atoms with Crippen molar-refractivity contribution >= 4 is 33.9 Å². The average Bonchev–Trinajstić information content (AvgIpc) is 3.94. The molecule has 6 aromatic rings. The third kappa shape index (κ3) is 7.13. The molecule has 0 spiro atoms. The van der Waals surface area contributed by atoms with Crippen LogP contribution in [-0.4, -0.2) is 55.6 Å². The first kappa shape index (κ1) is 34.2. The summed E-state index contributed by atoms with van der Waals surface area (Å²) in [6.45, 7) is 7.06. The van der Waals surface area contributed by atoms with Crippen molar-refractivity contribution in [1.82, 2.24) is 24.8 Å². The molecule has 0 radical (unpaired) electrons. The van der Waals surface area contributed by atoms with E-state index in [0.717, 1.165) is 75.7 Å². The number of carbonyl (C=O) groups is 2. The molecule has 10 heteroatoms. The van der Waals surface area contributed by atoms with Gasteiger partial charge in [0.05, 0.1) is 29.5 Å². The Labute approximate surface area is 307 Å². The van der Waals surface area contributed by atoms with Crippen LogP contribution in [0.5, 0.6) is 0 Å². The van der Waals surface area contributed by atoms with Gasteiger partial charge in [-0.1, -0.05) is 60.7 Å². The SMILES string of the molecule is CC(C)(C)OC(=O)N1CCC[C@H]1c1ncc(-c2ccc3cc(-c4ccc5c(=O)cc(C6CCCN6C(=O)OCc6ccccc6)[nH]c5c4)ccc3c2)[nH]1. The number of benzene rings is 4. The zero-order valence-corrected chi connectivity index (χ0v) is 30.2. The summed E-state index contributed by atoms with van der Waals surface area (Å²) in [6.07, 6.45) is 4.46. The van der Waals surface area contributed by atoms with Gasteiger partial charge >= 0.3 is 12.2 Å². The Hall–Kier alpha value is -5.90. The van der Waals surface area contributed by atoms with Crippen LogP contribution in [0.3, 0.4) is 0 Å². The minimum atomic E-state index is -0.556. The predicted molar refractivity (Wildman–Crippen MR) is 205 cm³/mol. The van der Waals surface area contributed by atoms with Gasteiger partial charge in [-0.05, 0) is 98.2 Å². The third-order valence-electron chi connectivity index (χ3n) is 10.2. The summed E-state index contributed by atoms with van der Waals surface area (Å²) < 4.78 is 11.3. The number of hydrogen-bond acceptors (Lipinski definition) is 6. The van der Waals surface area contributed by atoms with Gasteiger partial charge in [-0.2, -0.15) is 0 Å². The molecule has 2 aromatic heterocycles. The number of aromatic nitrogens is 3. The number of ether oxygens (including phenoxy) is 2. The molecule has 2 saturated heterocycles. The highest BCUT2D eigenvalue weighted by Crippen LogP contribution is 2.35. The number of rotatable bonds is 6. The van der Waals surface area contributed by atoms with Crippen molar-refractivity contribution < 1.29 is 19.1 Å². The average molecular weight is 710 g/mol. The van der Waals surface area contributed by atoms with E-state index in [1.807, 2.05) is 75.5 Å². The number of aromatic amines is 2. The van der Waals surface area contributed by atoms with Gasteiger partial charge in [-0.15, -0.1) is 0 Å². The summed E-state index contributed by atoms with van der Waals surface area (Å²) in [6, 6.07) is 29.4. The molecule has 1 unspecified atom stereocenters. The van der Waals surface area contributed by atoms with E-state index < -0.39 is 5.60 Å². The lowest BCUT2D eigenvalue weighted by Crippen LogP contribution is -2.36. The summed E-state index contributed by atoms with van der Waals surface area (Å²) in [7, 11) is 0. The van der Waals surface area contributed by atoms with Crippen molar-refractivity contribution in [3.8, 4) is 22.4 Å². The first-order chi connectivity index (χ1) is 25.6. The topological polar surface area (TPSA) is 121 Å². The van der Waals surface area contributed by atoms with Crippen molar-refractivity contribution in [2.45, 2.75) is 70.7 Å². The van der Waals surface area contributed by atoms with Crippen molar-refractivity contribution in [3.63, 3.8) is 0 Å². The van der Waals surface area contributed by atoms with E-state index in [1.54, 1.807) is 15.9 Å². The van der Waals surface area contributed by atoms with Crippen LogP contribution in [0.1, 0.15) is 75.6 Å². The molecule has 10 nitrogen and oxygen atoms in total. The molecule has 0 saturated carbocycles. The number of pyridine rings is 1. The highest BCUT2D eigenvalue weighted by Gasteiger charge is 2.35. The Balaban J connectivity index is 1.01. The van der Waals surface area contributed by atoms with Gasteiger partial charge in [0, 0.05) is 35.8 Å². The van der Waals surface area contributed by atoms with Gasteiger partial charge in [0.25, 0.3) is 0 Å². The molecular formula is C43H43N5O5. The fourth-order valence-electron chi connectivity index (χ4n) is 7.58. The fourth-order valence-corrected chi connectivity index (χ4v) is 7.58. The second-order valence-corrected chi connectivity index (χ2v) is 15.0. The summed E-state index contributed by atoms with van der Waals surface area (Å²) in [4.78, 5) is 54.4. The van der Waals surface area contributed by atoms with E-state index in [4.69, 9.17) is 9.47 Å². The van der Waals surface area contributed by atoms with E-state index in [1.165, 1.54) is 0 Å². The number of fused-ring (bicyclic) bond motifs is 2. The molecule has 2 atom stereocenters. The Kier molecular flexibility index (Phi) is 8.98.